The number of rotatable bonds is 3. The van der Waals surface area contributed by atoms with Gasteiger partial charge in [-0.05, 0) is 53.6 Å². The molecule has 0 saturated carbocycles. The Hall–Kier alpha value is -4.25. The monoisotopic (exact) mass is 432 g/mol. The molecule has 0 bridgehead atoms. The first-order chi connectivity index (χ1) is 16.0. The van der Waals surface area contributed by atoms with E-state index in [0.29, 0.717) is 11.1 Å². The van der Waals surface area contributed by atoms with Gasteiger partial charge in [-0.15, -0.1) is 0 Å². The molecule has 2 aliphatic heterocycles. The quantitative estimate of drug-likeness (QED) is 0.342. The van der Waals surface area contributed by atoms with Gasteiger partial charge in [0.2, 0.25) is 0 Å². The highest BCUT2D eigenvalue weighted by Gasteiger charge is 2.57. The number of carbonyl (C=O) groups excluding carboxylic acids is 3. The van der Waals surface area contributed by atoms with Gasteiger partial charge in [0.05, 0.1) is 17.2 Å². The minimum Gasteiger partial charge on any atom is -0.300 e. The molecule has 0 spiro atoms. The van der Waals surface area contributed by atoms with E-state index in [4.69, 9.17) is 0 Å². The van der Waals surface area contributed by atoms with Gasteiger partial charge in [-0.2, -0.15) is 0 Å². The van der Waals surface area contributed by atoms with E-state index in [9.17, 15) is 14.4 Å². The summed E-state index contributed by atoms with van der Waals surface area (Å²) in [5.74, 6) is -1.09. The SMILES string of the molecule is Cc1ccc(N2C(=O)C(N3C(=O)c4ccccc4C3=O)C2c2ccc3ccccc3c2)cc1. The summed E-state index contributed by atoms with van der Waals surface area (Å²) in [7, 11) is 0. The molecule has 0 aromatic heterocycles. The number of hydrogen-bond donors (Lipinski definition) is 0. The molecule has 0 N–H and O–H groups in total. The van der Waals surface area contributed by atoms with Crippen LogP contribution in [0.25, 0.3) is 10.8 Å². The second-order valence-corrected chi connectivity index (χ2v) is 8.57. The van der Waals surface area contributed by atoms with E-state index in [0.717, 1.165) is 32.5 Å². The molecular formula is C28H20N2O3. The van der Waals surface area contributed by atoms with Crippen LogP contribution in [0.5, 0.6) is 0 Å². The van der Waals surface area contributed by atoms with Crippen molar-refractivity contribution in [1.29, 1.82) is 0 Å². The van der Waals surface area contributed by atoms with Crippen molar-refractivity contribution in [2.24, 2.45) is 0 Å². The Morgan fingerprint density at radius 3 is 1.88 bits per heavy atom. The van der Waals surface area contributed by atoms with Crippen LogP contribution in [0.15, 0.2) is 91.0 Å². The Bertz CT molecular complexity index is 1420. The maximum absolute atomic E-state index is 13.5. The van der Waals surface area contributed by atoms with E-state index in [-0.39, 0.29) is 5.91 Å². The molecule has 2 atom stereocenters. The molecule has 1 fully saturated rings. The van der Waals surface area contributed by atoms with Crippen LogP contribution in [0.1, 0.15) is 37.9 Å². The first kappa shape index (κ1) is 19.4. The van der Waals surface area contributed by atoms with Crippen LogP contribution in [0, 0.1) is 6.92 Å². The smallest absolute Gasteiger partial charge is 0.262 e. The van der Waals surface area contributed by atoms with Crippen molar-refractivity contribution in [1.82, 2.24) is 4.90 Å². The number of aryl methyl sites for hydroxylation is 1. The van der Waals surface area contributed by atoms with Crippen LogP contribution in [-0.4, -0.2) is 28.7 Å². The van der Waals surface area contributed by atoms with E-state index in [1.807, 2.05) is 73.7 Å². The number of amides is 3. The van der Waals surface area contributed by atoms with Crippen molar-refractivity contribution in [3.05, 3.63) is 113 Å². The number of hydrogen-bond acceptors (Lipinski definition) is 3. The van der Waals surface area contributed by atoms with Gasteiger partial charge in [-0.25, -0.2) is 0 Å². The zero-order valence-electron chi connectivity index (χ0n) is 17.9. The Morgan fingerprint density at radius 1 is 0.606 bits per heavy atom. The second-order valence-electron chi connectivity index (χ2n) is 8.57. The van der Waals surface area contributed by atoms with Gasteiger partial charge < -0.3 is 4.90 Å². The first-order valence-corrected chi connectivity index (χ1v) is 10.9. The van der Waals surface area contributed by atoms with Crippen LogP contribution in [0.3, 0.4) is 0 Å². The van der Waals surface area contributed by atoms with E-state index >= 15 is 0 Å². The van der Waals surface area contributed by atoms with Gasteiger partial charge in [0.1, 0.15) is 6.04 Å². The predicted octanol–water partition coefficient (Wildman–Crippen LogP) is 4.90. The van der Waals surface area contributed by atoms with Gasteiger partial charge in [0.25, 0.3) is 17.7 Å². The Balaban J connectivity index is 1.47. The molecular weight excluding hydrogens is 412 g/mol. The lowest BCUT2D eigenvalue weighted by atomic mass is 9.85. The molecule has 2 heterocycles. The number of β-lactam (4-membered cyclic amide) rings is 1. The minimum atomic E-state index is -0.889. The maximum atomic E-state index is 13.5. The molecule has 0 aliphatic carbocycles. The van der Waals surface area contributed by atoms with E-state index in [2.05, 4.69) is 0 Å². The highest BCUT2D eigenvalue weighted by molar-refractivity contribution is 6.24. The summed E-state index contributed by atoms with van der Waals surface area (Å²) in [6.45, 7) is 1.99. The fraction of sp³-hybridized carbons (Fsp3) is 0.107. The average molecular weight is 432 g/mol. The summed E-state index contributed by atoms with van der Waals surface area (Å²) in [5.41, 5.74) is 3.42. The summed E-state index contributed by atoms with van der Waals surface area (Å²) in [4.78, 5) is 42.7. The van der Waals surface area contributed by atoms with Gasteiger partial charge >= 0.3 is 0 Å². The predicted molar refractivity (Wildman–Crippen MR) is 126 cm³/mol. The molecule has 1 saturated heterocycles. The van der Waals surface area contributed by atoms with E-state index in [1.54, 1.807) is 29.2 Å². The minimum absolute atomic E-state index is 0.258. The lowest BCUT2D eigenvalue weighted by molar-refractivity contribution is -0.130. The van der Waals surface area contributed by atoms with Gasteiger partial charge in [0.15, 0.2) is 0 Å². The zero-order chi connectivity index (χ0) is 22.7. The van der Waals surface area contributed by atoms with Crippen LogP contribution >= 0.6 is 0 Å². The van der Waals surface area contributed by atoms with Crippen molar-refractivity contribution >= 4 is 34.2 Å². The first-order valence-electron chi connectivity index (χ1n) is 10.9. The van der Waals surface area contributed by atoms with Gasteiger partial charge in [-0.3, -0.25) is 19.3 Å². The average Bonchev–Trinajstić information content (AvgIpc) is 3.09. The number of benzene rings is 4. The van der Waals surface area contributed by atoms with Crippen molar-refractivity contribution < 1.29 is 14.4 Å². The molecule has 5 heteroatoms. The summed E-state index contributed by atoms with van der Waals surface area (Å²) in [6, 6.07) is 27.1. The fourth-order valence-corrected chi connectivity index (χ4v) is 4.90. The van der Waals surface area contributed by atoms with Crippen molar-refractivity contribution in [2.75, 3.05) is 4.90 Å². The summed E-state index contributed by atoms with van der Waals surface area (Å²) in [5, 5.41) is 2.13. The van der Waals surface area contributed by atoms with E-state index in [1.165, 1.54) is 0 Å². The molecule has 33 heavy (non-hydrogen) atoms. The van der Waals surface area contributed by atoms with Gasteiger partial charge in [-0.1, -0.05) is 66.2 Å². The lowest BCUT2D eigenvalue weighted by Crippen LogP contribution is -2.67. The Labute approximate surface area is 190 Å². The largest absolute Gasteiger partial charge is 0.300 e. The summed E-state index contributed by atoms with van der Waals surface area (Å²) in [6.07, 6.45) is 0. The summed E-state index contributed by atoms with van der Waals surface area (Å²) >= 11 is 0. The number of carbonyl (C=O) groups is 3. The third-order valence-corrected chi connectivity index (χ3v) is 6.60. The fourth-order valence-electron chi connectivity index (χ4n) is 4.90. The molecule has 4 aromatic carbocycles. The topological polar surface area (TPSA) is 57.7 Å². The highest BCUT2D eigenvalue weighted by atomic mass is 16.2. The third kappa shape index (κ3) is 2.82. The summed E-state index contributed by atoms with van der Waals surface area (Å²) < 4.78 is 0. The molecule has 3 amide bonds. The molecule has 5 nitrogen and oxygen atoms in total. The van der Waals surface area contributed by atoms with Crippen molar-refractivity contribution in [3.63, 3.8) is 0 Å². The highest BCUT2D eigenvalue weighted by Crippen LogP contribution is 2.44. The molecule has 160 valence electrons. The second kappa shape index (κ2) is 7.14. The van der Waals surface area contributed by atoms with Crippen LogP contribution < -0.4 is 4.90 Å². The van der Waals surface area contributed by atoms with Crippen LogP contribution in [-0.2, 0) is 4.79 Å². The van der Waals surface area contributed by atoms with Gasteiger partial charge in [0, 0.05) is 5.69 Å². The molecule has 2 aliphatic rings. The Morgan fingerprint density at radius 2 is 1.21 bits per heavy atom. The third-order valence-electron chi connectivity index (χ3n) is 6.60. The van der Waals surface area contributed by atoms with Crippen LogP contribution in [0.2, 0.25) is 0 Å². The Kier molecular flexibility index (Phi) is 4.20. The molecule has 0 radical (unpaired) electrons. The maximum Gasteiger partial charge on any atom is 0.262 e. The zero-order valence-corrected chi connectivity index (χ0v) is 17.9. The standard InChI is InChI=1S/C28H20N2O3/c1-17-10-14-21(15-11-17)29-24(20-13-12-18-6-2-3-7-19(18)16-20)25(28(29)33)30-26(31)22-8-4-5-9-23(22)27(30)32/h2-16,24-25H,1H3. The van der Waals surface area contributed by atoms with Crippen molar-refractivity contribution in [3.8, 4) is 0 Å². The number of fused-ring (bicyclic) bond motifs is 2. The number of anilines is 1. The lowest BCUT2D eigenvalue weighted by Gasteiger charge is -2.49. The molecule has 2 unspecified atom stereocenters. The van der Waals surface area contributed by atoms with Crippen LogP contribution in [0.4, 0.5) is 5.69 Å². The molecule has 4 aromatic rings. The number of imide groups is 1. The van der Waals surface area contributed by atoms with E-state index < -0.39 is 23.9 Å². The number of nitrogens with zero attached hydrogens (tertiary/aromatic N) is 2. The normalized spacial score (nSPS) is 19.7. The van der Waals surface area contributed by atoms with Crippen molar-refractivity contribution in [2.45, 2.75) is 19.0 Å². The molecule has 6 rings (SSSR count).